The molecule has 0 aliphatic heterocycles. The summed E-state index contributed by atoms with van der Waals surface area (Å²) in [5, 5.41) is 3.19. The number of carbonyl (C=O) groups excluding carboxylic acids is 1. The third kappa shape index (κ3) is 12.1. The van der Waals surface area contributed by atoms with Crippen molar-refractivity contribution >= 4 is 35.8 Å². The first-order valence-electron chi connectivity index (χ1n) is 8.24. The summed E-state index contributed by atoms with van der Waals surface area (Å²) in [5.74, 6) is 1.33. The molecule has 0 rings (SSSR count). The Labute approximate surface area is 153 Å². The third-order valence-electron chi connectivity index (χ3n) is 3.54. The second-order valence-corrected chi connectivity index (χ2v) is 5.95. The molecule has 0 heterocycles. The molecule has 5 nitrogen and oxygen atoms in total. The van der Waals surface area contributed by atoms with Crippen LogP contribution in [-0.4, -0.2) is 42.4 Å². The molecular formula is C16H35IN4O. The van der Waals surface area contributed by atoms with Gasteiger partial charge in [-0.2, -0.15) is 0 Å². The molecule has 0 radical (unpaired) electrons. The molecule has 0 saturated carbocycles. The van der Waals surface area contributed by atoms with E-state index in [1.54, 1.807) is 0 Å². The van der Waals surface area contributed by atoms with E-state index in [0.29, 0.717) is 25.0 Å². The topological polar surface area (TPSA) is 70.7 Å². The maximum atomic E-state index is 11.8. The molecule has 0 fully saturated rings. The average Bonchev–Trinajstić information content (AvgIpc) is 2.39. The fraction of sp³-hybridized carbons (Fsp3) is 0.875. The average molecular weight is 426 g/mol. The lowest BCUT2D eigenvalue weighted by Gasteiger charge is -2.18. The lowest BCUT2D eigenvalue weighted by molar-refractivity contribution is -0.130. The normalized spacial score (nSPS) is 12.7. The van der Waals surface area contributed by atoms with Gasteiger partial charge in [0.25, 0.3) is 0 Å². The first kappa shape index (κ1) is 23.7. The Balaban J connectivity index is 0. The smallest absolute Gasteiger partial charge is 0.224 e. The van der Waals surface area contributed by atoms with Crippen molar-refractivity contribution in [2.24, 2.45) is 16.6 Å². The number of nitrogens with one attached hydrogen (secondary N) is 1. The first-order valence-corrected chi connectivity index (χ1v) is 8.24. The maximum Gasteiger partial charge on any atom is 0.224 e. The van der Waals surface area contributed by atoms with Crippen molar-refractivity contribution in [2.45, 2.75) is 66.3 Å². The molecule has 1 atom stereocenters. The number of guanidine groups is 1. The van der Waals surface area contributed by atoms with Gasteiger partial charge in [-0.3, -0.25) is 9.79 Å². The van der Waals surface area contributed by atoms with Crippen molar-refractivity contribution in [2.75, 3.05) is 19.6 Å². The number of halogens is 1. The van der Waals surface area contributed by atoms with Crippen LogP contribution in [0.3, 0.4) is 0 Å². The SMILES string of the molecule is CCN(CC)C(=O)CCN=C(N)NC(C)CCCC(C)C.I. The fourth-order valence-electron chi connectivity index (χ4n) is 2.21. The highest BCUT2D eigenvalue weighted by atomic mass is 127. The second kappa shape index (κ2) is 14.1. The lowest BCUT2D eigenvalue weighted by Crippen LogP contribution is -2.38. The Bertz CT molecular complexity index is 317. The van der Waals surface area contributed by atoms with Gasteiger partial charge in [0, 0.05) is 25.6 Å². The predicted octanol–water partition coefficient (Wildman–Crippen LogP) is 2.98. The number of hydrogen-bond donors (Lipinski definition) is 2. The summed E-state index contributed by atoms with van der Waals surface area (Å²) in [5.41, 5.74) is 5.85. The highest BCUT2D eigenvalue weighted by Crippen LogP contribution is 2.07. The van der Waals surface area contributed by atoms with Crippen LogP contribution in [0.4, 0.5) is 0 Å². The molecule has 1 unspecified atom stereocenters. The molecule has 1 amide bonds. The number of rotatable bonds is 10. The molecule has 22 heavy (non-hydrogen) atoms. The van der Waals surface area contributed by atoms with E-state index >= 15 is 0 Å². The minimum absolute atomic E-state index is 0. The van der Waals surface area contributed by atoms with Crippen molar-refractivity contribution in [1.82, 2.24) is 10.2 Å². The van der Waals surface area contributed by atoms with E-state index in [0.717, 1.165) is 25.4 Å². The molecule has 6 heteroatoms. The van der Waals surface area contributed by atoms with Gasteiger partial charge in [-0.1, -0.05) is 26.7 Å². The van der Waals surface area contributed by atoms with E-state index in [-0.39, 0.29) is 29.9 Å². The number of carbonyl (C=O) groups is 1. The Morgan fingerprint density at radius 2 is 1.77 bits per heavy atom. The minimum Gasteiger partial charge on any atom is -0.370 e. The summed E-state index contributed by atoms with van der Waals surface area (Å²) in [7, 11) is 0. The lowest BCUT2D eigenvalue weighted by atomic mass is 10.0. The first-order chi connectivity index (χ1) is 9.90. The summed E-state index contributed by atoms with van der Waals surface area (Å²) >= 11 is 0. The van der Waals surface area contributed by atoms with E-state index in [1.165, 1.54) is 12.8 Å². The van der Waals surface area contributed by atoms with Gasteiger partial charge < -0.3 is 16.0 Å². The number of nitrogens with two attached hydrogens (primary N) is 1. The predicted molar refractivity (Wildman–Crippen MR) is 106 cm³/mol. The van der Waals surface area contributed by atoms with Gasteiger partial charge >= 0.3 is 0 Å². The quantitative estimate of drug-likeness (QED) is 0.321. The van der Waals surface area contributed by atoms with Gasteiger partial charge in [0.2, 0.25) is 5.91 Å². The van der Waals surface area contributed by atoms with Gasteiger partial charge in [0.05, 0.1) is 6.54 Å². The monoisotopic (exact) mass is 426 g/mol. The van der Waals surface area contributed by atoms with Crippen LogP contribution in [0.25, 0.3) is 0 Å². The molecule has 0 bridgehead atoms. The second-order valence-electron chi connectivity index (χ2n) is 5.95. The summed E-state index contributed by atoms with van der Waals surface area (Å²) < 4.78 is 0. The van der Waals surface area contributed by atoms with Crippen molar-refractivity contribution in [3.8, 4) is 0 Å². The van der Waals surface area contributed by atoms with Crippen LogP contribution >= 0.6 is 24.0 Å². The van der Waals surface area contributed by atoms with E-state index in [9.17, 15) is 4.79 Å². The van der Waals surface area contributed by atoms with Crippen LogP contribution in [0.1, 0.15) is 60.3 Å². The summed E-state index contributed by atoms with van der Waals surface area (Å²) in [6.07, 6.45) is 3.94. The van der Waals surface area contributed by atoms with Crippen LogP contribution in [0.2, 0.25) is 0 Å². The maximum absolute atomic E-state index is 11.8. The molecular weight excluding hydrogens is 391 g/mol. The van der Waals surface area contributed by atoms with E-state index in [4.69, 9.17) is 5.73 Å². The zero-order chi connectivity index (χ0) is 16.3. The van der Waals surface area contributed by atoms with E-state index < -0.39 is 0 Å². The summed E-state index contributed by atoms with van der Waals surface area (Å²) in [4.78, 5) is 17.9. The molecule has 0 aromatic heterocycles. The third-order valence-corrected chi connectivity index (χ3v) is 3.54. The van der Waals surface area contributed by atoms with Gasteiger partial charge in [0.1, 0.15) is 0 Å². The number of hydrogen-bond acceptors (Lipinski definition) is 2. The Morgan fingerprint density at radius 3 is 2.27 bits per heavy atom. The van der Waals surface area contributed by atoms with Gasteiger partial charge in [-0.15, -0.1) is 24.0 Å². The van der Waals surface area contributed by atoms with Crippen LogP contribution in [0.5, 0.6) is 0 Å². The summed E-state index contributed by atoms with van der Waals surface area (Å²) in [6.45, 7) is 12.5. The molecule has 0 aromatic rings. The van der Waals surface area contributed by atoms with E-state index in [2.05, 4.69) is 31.1 Å². The highest BCUT2D eigenvalue weighted by Gasteiger charge is 2.08. The Kier molecular flexibility index (Phi) is 15.2. The molecule has 0 saturated heterocycles. The van der Waals surface area contributed by atoms with Gasteiger partial charge in [-0.05, 0) is 33.1 Å². The van der Waals surface area contributed by atoms with Crippen LogP contribution in [-0.2, 0) is 4.79 Å². The van der Waals surface area contributed by atoms with Crippen LogP contribution < -0.4 is 11.1 Å². The molecule has 0 aliphatic carbocycles. The van der Waals surface area contributed by atoms with Crippen LogP contribution in [0, 0.1) is 5.92 Å². The standard InChI is InChI=1S/C16H34N4O.HI/c1-6-20(7-2)15(21)11-12-18-16(17)19-14(5)10-8-9-13(3)4;/h13-14H,6-12H2,1-5H3,(H3,17,18,19);1H. The van der Waals surface area contributed by atoms with Gasteiger partial charge in [-0.25, -0.2) is 0 Å². The highest BCUT2D eigenvalue weighted by molar-refractivity contribution is 14.0. The number of aliphatic imine (C=N–C) groups is 1. The van der Waals surface area contributed by atoms with Gasteiger partial charge in [0.15, 0.2) is 5.96 Å². The van der Waals surface area contributed by atoms with Crippen molar-refractivity contribution < 1.29 is 4.79 Å². The zero-order valence-corrected chi connectivity index (χ0v) is 17.2. The number of nitrogens with zero attached hydrogens (tertiary/aromatic N) is 2. The fourth-order valence-corrected chi connectivity index (χ4v) is 2.21. The van der Waals surface area contributed by atoms with Crippen molar-refractivity contribution in [1.29, 1.82) is 0 Å². The Hall–Kier alpha value is -0.530. The zero-order valence-electron chi connectivity index (χ0n) is 14.9. The van der Waals surface area contributed by atoms with Crippen molar-refractivity contribution in [3.63, 3.8) is 0 Å². The molecule has 0 aliphatic rings. The van der Waals surface area contributed by atoms with Crippen molar-refractivity contribution in [3.05, 3.63) is 0 Å². The summed E-state index contributed by atoms with van der Waals surface area (Å²) in [6, 6.07) is 0.325. The molecule has 0 spiro atoms. The Morgan fingerprint density at radius 1 is 1.18 bits per heavy atom. The largest absolute Gasteiger partial charge is 0.370 e. The number of amides is 1. The molecule has 0 aromatic carbocycles. The minimum atomic E-state index is 0. The molecule has 132 valence electrons. The molecule has 3 N–H and O–H groups in total. The van der Waals surface area contributed by atoms with Crippen LogP contribution in [0.15, 0.2) is 4.99 Å². The van der Waals surface area contributed by atoms with E-state index in [1.807, 2.05) is 18.7 Å².